The lowest BCUT2D eigenvalue weighted by molar-refractivity contribution is 0.0983. The maximum atomic E-state index is 12.2. The van der Waals surface area contributed by atoms with Crippen LogP contribution in [0.15, 0.2) is 36.4 Å². The molecule has 0 aliphatic carbocycles. The molecule has 21 heavy (non-hydrogen) atoms. The molecular formula is C17H16ClNO2. The second kappa shape index (κ2) is 5.78. The Labute approximate surface area is 128 Å². The predicted molar refractivity (Wildman–Crippen MR) is 84.2 cm³/mol. The van der Waals surface area contributed by atoms with Crippen molar-refractivity contribution in [1.82, 2.24) is 0 Å². The summed E-state index contributed by atoms with van der Waals surface area (Å²) in [4.78, 5) is 12.2. The predicted octanol–water partition coefficient (Wildman–Crippen LogP) is 3.67. The molecule has 0 spiro atoms. The van der Waals surface area contributed by atoms with Gasteiger partial charge in [-0.3, -0.25) is 4.79 Å². The number of aryl methyl sites for hydroxylation is 1. The van der Waals surface area contributed by atoms with Gasteiger partial charge in [0.2, 0.25) is 0 Å². The van der Waals surface area contributed by atoms with Gasteiger partial charge in [0.1, 0.15) is 5.75 Å². The number of Topliss-reactive ketones (excluding diaryl/α,β-unsaturated/α-hetero) is 1. The Kier molecular flexibility index (Phi) is 3.84. The third-order valence-corrected chi connectivity index (χ3v) is 3.94. The molecule has 0 amide bonds. The molecule has 108 valence electrons. The summed E-state index contributed by atoms with van der Waals surface area (Å²) in [6, 6.07) is 11.1. The minimum atomic E-state index is 0.0425. The summed E-state index contributed by atoms with van der Waals surface area (Å²) >= 11 is 5.85. The Morgan fingerprint density at radius 1 is 1.24 bits per heavy atom. The maximum absolute atomic E-state index is 12.2. The number of ether oxygens (including phenoxy) is 1. The highest BCUT2D eigenvalue weighted by Gasteiger charge is 2.14. The first-order valence-corrected chi connectivity index (χ1v) is 7.34. The van der Waals surface area contributed by atoms with Gasteiger partial charge in [0, 0.05) is 29.1 Å². The fraction of sp³-hybridized carbons (Fsp3) is 0.235. The van der Waals surface area contributed by atoms with E-state index < -0.39 is 0 Å². The fourth-order valence-electron chi connectivity index (χ4n) is 2.58. The summed E-state index contributed by atoms with van der Waals surface area (Å²) in [6.45, 7) is 0.749. The quantitative estimate of drug-likeness (QED) is 0.692. The summed E-state index contributed by atoms with van der Waals surface area (Å²) in [5.41, 5.74) is 9.21. The highest BCUT2D eigenvalue weighted by Crippen LogP contribution is 2.27. The molecule has 0 fully saturated rings. The number of carbonyl (C=O) groups is 1. The van der Waals surface area contributed by atoms with Crippen molar-refractivity contribution in [2.24, 2.45) is 0 Å². The van der Waals surface area contributed by atoms with E-state index >= 15 is 0 Å². The molecule has 0 unspecified atom stereocenters. The SMILES string of the molecule is Nc1cc(Cl)ccc1C(=O)CCc1ccc2c(c1)CCO2. The lowest BCUT2D eigenvalue weighted by atomic mass is 10.00. The molecule has 0 saturated heterocycles. The van der Waals surface area contributed by atoms with Crippen LogP contribution >= 0.6 is 11.6 Å². The number of hydrogen-bond donors (Lipinski definition) is 1. The maximum Gasteiger partial charge on any atom is 0.165 e. The van der Waals surface area contributed by atoms with Crippen LogP contribution in [0.4, 0.5) is 5.69 Å². The number of anilines is 1. The second-order valence-corrected chi connectivity index (χ2v) is 5.63. The van der Waals surface area contributed by atoms with Crippen LogP contribution in [-0.4, -0.2) is 12.4 Å². The van der Waals surface area contributed by atoms with E-state index in [1.165, 1.54) is 5.56 Å². The Morgan fingerprint density at radius 2 is 2.10 bits per heavy atom. The monoisotopic (exact) mass is 301 g/mol. The minimum Gasteiger partial charge on any atom is -0.493 e. The van der Waals surface area contributed by atoms with Crippen molar-refractivity contribution in [3.8, 4) is 5.75 Å². The zero-order chi connectivity index (χ0) is 14.8. The van der Waals surface area contributed by atoms with Crippen molar-refractivity contribution in [1.29, 1.82) is 0 Å². The fourth-order valence-corrected chi connectivity index (χ4v) is 2.76. The first-order valence-electron chi connectivity index (χ1n) is 6.96. The third kappa shape index (κ3) is 3.03. The van der Waals surface area contributed by atoms with Crippen molar-refractivity contribution in [2.75, 3.05) is 12.3 Å². The highest BCUT2D eigenvalue weighted by atomic mass is 35.5. The number of ketones is 1. The average Bonchev–Trinajstić information content (AvgIpc) is 2.92. The Morgan fingerprint density at radius 3 is 2.90 bits per heavy atom. The van der Waals surface area contributed by atoms with Gasteiger partial charge in [-0.15, -0.1) is 0 Å². The Hall–Kier alpha value is -2.00. The topological polar surface area (TPSA) is 52.3 Å². The smallest absolute Gasteiger partial charge is 0.165 e. The van der Waals surface area contributed by atoms with Crippen molar-refractivity contribution in [2.45, 2.75) is 19.3 Å². The van der Waals surface area contributed by atoms with Crippen LogP contribution in [0.3, 0.4) is 0 Å². The molecule has 0 bridgehead atoms. The van der Waals surface area contributed by atoms with E-state index in [1.54, 1.807) is 18.2 Å². The van der Waals surface area contributed by atoms with Crippen LogP contribution in [0.25, 0.3) is 0 Å². The molecule has 4 heteroatoms. The van der Waals surface area contributed by atoms with Gasteiger partial charge in [-0.2, -0.15) is 0 Å². The van der Waals surface area contributed by atoms with Crippen molar-refractivity contribution >= 4 is 23.1 Å². The number of rotatable bonds is 4. The Bertz CT molecular complexity index is 697. The summed E-state index contributed by atoms with van der Waals surface area (Å²) < 4.78 is 5.48. The third-order valence-electron chi connectivity index (χ3n) is 3.71. The molecule has 3 nitrogen and oxygen atoms in total. The number of nitrogen functional groups attached to an aromatic ring is 1. The van der Waals surface area contributed by atoms with Crippen LogP contribution < -0.4 is 10.5 Å². The lowest BCUT2D eigenvalue weighted by Gasteiger charge is -2.06. The van der Waals surface area contributed by atoms with Crippen LogP contribution in [0.1, 0.15) is 27.9 Å². The number of fused-ring (bicyclic) bond motifs is 1. The van der Waals surface area contributed by atoms with E-state index in [0.29, 0.717) is 29.1 Å². The van der Waals surface area contributed by atoms with Crippen LogP contribution in [0, 0.1) is 0 Å². The molecule has 2 aromatic rings. The zero-order valence-electron chi connectivity index (χ0n) is 11.6. The standard InChI is InChI=1S/C17H16ClNO2/c18-13-3-4-14(15(19)10-13)16(20)5-1-11-2-6-17-12(9-11)7-8-21-17/h2-4,6,9-10H,1,5,7-8,19H2. The molecule has 2 aromatic carbocycles. The van der Waals surface area contributed by atoms with E-state index in [1.807, 2.05) is 12.1 Å². The molecular weight excluding hydrogens is 286 g/mol. The van der Waals surface area contributed by atoms with Gasteiger partial charge < -0.3 is 10.5 Å². The first kappa shape index (κ1) is 14.0. The van der Waals surface area contributed by atoms with Gasteiger partial charge >= 0.3 is 0 Å². The molecule has 1 aliphatic rings. The summed E-state index contributed by atoms with van der Waals surface area (Å²) in [6.07, 6.45) is 2.08. The van der Waals surface area contributed by atoms with Gasteiger partial charge in [-0.1, -0.05) is 23.7 Å². The van der Waals surface area contributed by atoms with E-state index in [2.05, 4.69) is 6.07 Å². The van der Waals surface area contributed by atoms with E-state index in [-0.39, 0.29) is 5.78 Å². The van der Waals surface area contributed by atoms with Gasteiger partial charge in [0.15, 0.2) is 5.78 Å². The summed E-state index contributed by atoms with van der Waals surface area (Å²) in [7, 11) is 0. The van der Waals surface area contributed by atoms with Gasteiger partial charge in [-0.25, -0.2) is 0 Å². The minimum absolute atomic E-state index is 0.0425. The highest BCUT2D eigenvalue weighted by molar-refractivity contribution is 6.31. The number of hydrogen-bond acceptors (Lipinski definition) is 3. The van der Waals surface area contributed by atoms with Crippen LogP contribution in [0.2, 0.25) is 5.02 Å². The number of halogens is 1. The second-order valence-electron chi connectivity index (χ2n) is 5.20. The van der Waals surface area contributed by atoms with Gasteiger partial charge in [-0.05, 0) is 41.8 Å². The van der Waals surface area contributed by atoms with Gasteiger partial charge in [0.05, 0.1) is 6.61 Å². The molecule has 0 saturated carbocycles. The molecule has 2 N–H and O–H groups in total. The summed E-state index contributed by atoms with van der Waals surface area (Å²) in [5, 5.41) is 0.544. The summed E-state index contributed by atoms with van der Waals surface area (Å²) in [5.74, 6) is 1.01. The number of carbonyl (C=O) groups excluding carboxylic acids is 1. The first-order chi connectivity index (χ1) is 10.1. The van der Waals surface area contributed by atoms with E-state index in [4.69, 9.17) is 22.1 Å². The normalized spacial score (nSPS) is 12.8. The van der Waals surface area contributed by atoms with E-state index in [0.717, 1.165) is 24.3 Å². The van der Waals surface area contributed by atoms with Crippen LogP contribution in [0.5, 0.6) is 5.75 Å². The lowest BCUT2D eigenvalue weighted by Crippen LogP contribution is -2.05. The van der Waals surface area contributed by atoms with Crippen molar-refractivity contribution in [3.63, 3.8) is 0 Å². The number of benzene rings is 2. The molecule has 3 rings (SSSR count). The molecule has 0 radical (unpaired) electrons. The average molecular weight is 302 g/mol. The largest absolute Gasteiger partial charge is 0.493 e. The zero-order valence-corrected chi connectivity index (χ0v) is 12.3. The Balaban J connectivity index is 1.68. The van der Waals surface area contributed by atoms with Crippen molar-refractivity contribution in [3.05, 3.63) is 58.1 Å². The number of nitrogens with two attached hydrogens (primary N) is 1. The molecule has 1 aliphatic heterocycles. The molecule has 0 atom stereocenters. The van der Waals surface area contributed by atoms with E-state index in [9.17, 15) is 4.79 Å². The van der Waals surface area contributed by atoms with Gasteiger partial charge in [0.25, 0.3) is 0 Å². The van der Waals surface area contributed by atoms with Crippen LogP contribution in [-0.2, 0) is 12.8 Å². The molecule has 0 aromatic heterocycles. The van der Waals surface area contributed by atoms with Crippen molar-refractivity contribution < 1.29 is 9.53 Å². The molecule has 1 heterocycles.